The molecule has 0 saturated heterocycles. The van der Waals surface area contributed by atoms with Crippen molar-refractivity contribution in [2.24, 2.45) is 0 Å². The third-order valence-corrected chi connectivity index (χ3v) is 1.49. The van der Waals surface area contributed by atoms with Crippen LogP contribution in [0.2, 0.25) is 0 Å². The molecule has 0 bridgehead atoms. The van der Waals surface area contributed by atoms with E-state index in [0.29, 0.717) is 12.1 Å². The molecular weight excluding hydrogens is 154 g/mol. The molecule has 0 aliphatic carbocycles. The topological polar surface area (TPSA) is 50.2 Å². The van der Waals surface area contributed by atoms with Gasteiger partial charge in [-0.1, -0.05) is 0 Å². The molecule has 1 heterocycles. The summed E-state index contributed by atoms with van der Waals surface area (Å²) in [4.78, 5) is 14.7. The quantitative estimate of drug-likeness (QED) is 0.717. The molecule has 0 fully saturated rings. The first-order valence-corrected chi connectivity index (χ1v) is 3.76. The van der Waals surface area contributed by atoms with Gasteiger partial charge in [-0.05, 0) is 24.6 Å². The van der Waals surface area contributed by atoms with Gasteiger partial charge in [-0.3, -0.25) is 9.78 Å². The summed E-state index contributed by atoms with van der Waals surface area (Å²) >= 11 is 0. The van der Waals surface area contributed by atoms with E-state index < -0.39 is 0 Å². The fourth-order valence-corrected chi connectivity index (χ4v) is 0.978. The molecule has 0 atom stereocenters. The number of carbonyl (C=O) groups excluding carboxylic acids is 1. The second-order valence-electron chi connectivity index (χ2n) is 2.69. The van der Waals surface area contributed by atoms with Gasteiger partial charge < -0.3 is 5.11 Å². The molecule has 1 aromatic rings. The first-order chi connectivity index (χ1) is 5.72. The van der Waals surface area contributed by atoms with Crippen molar-refractivity contribution >= 4 is 5.78 Å². The van der Waals surface area contributed by atoms with Crippen LogP contribution in [0.1, 0.15) is 18.2 Å². The number of carbonyl (C=O) groups is 1. The zero-order valence-corrected chi connectivity index (χ0v) is 6.95. The smallest absolute Gasteiger partial charge is 0.135 e. The summed E-state index contributed by atoms with van der Waals surface area (Å²) in [7, 11) is 0. The van der Waals surface area contributed by atoms with E-state index in [1.54, 1.807) is 18.3 Å². The third kappa shape index (κ3) is 2.43. The molecule has 3 nitrogen and oxygen atoms in total. The van der Waals surface area contributed by atoms with E-state index in [2.05, 4.69) is 4.98 Å². The molecule has 0 unspecified atom stereocenters. The molecule has 1 N–H and O–H groups in total. The monoisotopic (exact) mass is 165 g/mol. The van der Waals surface area contributed by atoms with Gasteiger partial charge in [-0.2, -0.15) is 0 Å². The van der Waals surface area contributed by atoms with E-state index in [4.69, 9.17) is 5.11 Å². The van der Waals surface area contributed by atoms with Crippen LogP contribution in [0.25, 0.3) is 0 Å². The van der Waals surface area contributed by atoms with Crippen LogP contribution in [0.3, 0.4) is 0 Å². The minimum atomic E-state index is -0.00652. The van der Waals surface area contributed by atoms with Crippen LogP contribution >= 0.6 is 0 Å². The Morgan fingerprint density at radius 3 is 3.00 bits per heavy atom. The van der Waals surface area contributed by atoms with Gasteiger partial charge in [0.15, 0.2) is 0 Å². The van der Waals surface area contributed by atoms with Crippen molar-refractivity contribution in [3.8, 4) is 0 Å². The van der Waals surface area contributed by atoms with Crippen LogP contribution in [0.15, 0.2) is 18.3 Å². The number of aliphatic hydroxyl groups is 1. The van der Waals surface area contributed by atoms with Gasteiger partial charge in [0.1, 0.15) is 5.78 Å². The standard InChI is InChI=1S/C9H11NO2/c1-7(12)4-9-5-8(6-11)2-3-10-9/h2-3,5,11H,4,6H2,1H3. The highest BCUT2D eigenvalue weighted by atomic mass is 16.3. The summed E-state index contributed by atoms with van der Waals surface area (Å²) in [6.07, 6.45) is 1.94. The van der Waals surface area contributed by atoms with E-state index in [9.17, 15) is 4.79 Å². The molecule has 64 valence electrons. The molecule has 0 spiro atoms. The zero-order chi connectivity index (χ0) is 8.97. The van der Waals surface area contributed by atoms with E-state index in [1.165, 1.54) is 6.92 Å². The largest absolute Gasteiger partial charge is 0.392 e. The summed E-state index contributed by atoms with van der Waals surface area (Å²) in [6.45, 7) is 1.51. The molecule has 3 heteroatoms. The molecule has 1 rings (SSSR count). The highest BCUT2D eigenvalue weighted by molar-refractivity contribution is 5.77. The van der Waals surface area contributed by atoms with E-state index >= 15 is 0 Å². The minimum absolute atomic E-state index is 0.00652. The van der Waals surface area contributed by atoms with Gasteiger partial charge >= 0.3 is 0 Å². The van der Waals surface area contributed by atoms with Crippen molar-refractivity contribution in [2.45, 2.75) is 20.0 Å². The van der Waals surface area contributed by atoms with Crippen LogP contribution in [0.5, 0.6) is 0 Å². The van der Waals surface area contributed by atoms with Crippen LogP contribution in [-0.2, 0) is 17.8 Å². The summed E-state index contributed by atoms with van der Waals surface area (Å²) in [6, 6.07) is 3.46. The lowest BCUT2D eigenvalue weighted by atomic mass is 10.2. The second-order valence-corrected chi connectivity index (χ2v) is 2.69. The van der Waals surface area contributed by atoms with E-state index in [-0.39, 0.29) is 12.4 Å². The van der Waals surface area contributed by atoms with Crippen molar-refractivity contribution in [1.82, 2.24) is 4.98 Å². The lowest BCUT2D eigenvalue weighted by Crippen LogP contribution is -1.99. The number of Topliss-reactive ketones (excluding diaryl/α,β-unsaturated/α-hetero) is 1. The third-order valence-electron chi connectivity index (χ3n) is 1.49. The molecule has 0 saturated carbocycles. The Hall–Kier alpha value is -1.22. The summed E-state index contributed by atoms with van der Waals surface area (Å²) < 4.78 is 0. The van der Waals surface area contributed by atoms with Crippen LogP contribution < -0.4 is 0 Å². The van der Waals surface area contributed by atoms with Crippen LogP contribution in [0.4, 0.5) is 0 Å². The van der Waals surface area contributed by atoms with Gasteiger partial charge in [0, 0.05) is 18.3 Å². The maximum absolute atomic E-state index is 10.7. The van der Waals surface area contributed by atoms with Crippen molar-refractivity contribution in [2.75, 3.05) is 0 Å². The molecular formula is C9H11NO2. The number of pyridine rings is 1. The van der Waals surface area contributed by atoms with Crippen molar-refractivity contribution in [1.29, 1.82) is 0 Å². The normalized spacial score (nSPS) is 9.83. The lowest BCUT2D eigenvalue weighted by Gasteiger charge is -1.98. The Labute approximate surface area is 71.1 Å². The molecule has 0 aliphatic heterocycles. The predicted molar refractivity (Wildman–Crippen MR) is 44.5 cm³/mol. The van der Waals surface area contributed by atoms with Gasteiger partial charge in [0.05, 0.1) is 6.61 Å². The maximum Gasteiger partial charge on any atom is 0.135 e. The average Bonchev–Trinajstić information content (AvgIpc) is 2.03. The Bertz CT molecular complexity index is 284. The number of nitrogens with zero attached hydrogens (tertiary/aromatic N) is 1. The first kappa shape index (κ1) is 8.87. The molecule has 1 aromatic heterocycles. The van der Waals surface area contributed by atoms with Gasteiger partial charge in [-0.15, -0.1) is 0 Å². The number of aliphatic hydroxyl groups excluding tert-OH is 1. The van der Waals surface area contributed by atoms with Crippen molar-refractivity contribution in [3.05, 3.63) is 29.6 Å². The van der Waals surface area contributed by atoms with E-state index in [0.717, 1.165) is 5.56 Å². The maximum atomic E-state index is 10.7. The van der Waals surface area contributed by atoms with Crippen LogP contribution in [0, 0.1) is 0 Å². The Morgan fingerprint density at radius 2 is 2.42 bits per heavy atom. The summed E-state index contributed by atoms with van der Waals surface area (Å²) in [5, 5.41) is 8.78. The number of rotatable bonds is 3. The van der Waals surface area contributed by atoms with Gasteiger partial charge in [0.25, 0.3) is 0 Å². The van der Waals surface area contributed by atoms with Crippen molar-refractivity contribution in [3.63, 3.8) is 0 Å². The number of hydrogen-bond acceptors (Lipinski definition) is 3. The number of aromatic nitrogens is 1. The van der Waals surface area contributed by atoms with Crippen LogP contribution in [-0.4, -0.2) is 15.9 Å². The minimum Gasteiger partial charge on any atom is -0.392 e. The van der Waals surface area contributed by atoms with Crippen molar-refractivity contribution < 1.29 is 9.90 Å². The second kappa shape index (κ2) is 3.97. The Morgan fingerprint density at radius 1 is 1.67 bits per heavy atom. The van der Waals surface area contributed by atoms with Gasteiger partial charge in [0.2, 0.25) is 0 Å². The fraction of sp³-hybridized carbons (Fsp3) is 0.333. The molecule has 0 aromatic carbocycles. The number of ketones is 1. The molecule has 0 aliphatic rings. The van der Waals surface area contributed by atoms with E-state index in [1.807, 2.05) is 0 Å². The molecule has 0 amide bonds. The zero-order valence-electron chi connectivity index (χ0n) is 6.95. The molecule has 0 radical (unpaired) electrons. The Balaban J connectivity index is 2.79. The SMILES string of the molecule is CC(=O)Cc1cc(CO)ccn1. The lowest BCUT2D eigenvalue weighted by molar-refractivity contribution is -0.116. The Kier molecular flexibility index (Phi) is 2.94. The molecule has 12 heavy (non-hydrogen) atoms. The first-order valence-electron chi connectivity index (χ1n) is 3.76. The highest BCUT2D eigenvalue weighted by Crippen LogP contribution is 2.02. The number of hydrogen-bond donors (Lipinski definition) is 1. The highest BCUT2D eigenvalue weighted by Gasteiger charge is 1.99. The fourth-order valence-electron chi connectivity index (χ4n) is 0.978. The average molecular weight is 165 g/mol. The summed E-state index contributed by atoms with van der Waals surface area (Å²) in [5.41, 5.74) is 1.51. The van der Waals surface area contributed by atoms with Gasteiger partial charge in [-0.25, -0.2) is 0 Å². The predicted octanol–water partition coefficient (Wildman–Crippen LogP) is 0.705. The summed E-state index contributed by atoms with van der Waals surface area (Å²) in [5.74, 6) is 0.0811.